The zero-order valence-electron chi connectivity index (χ0n) is 14.5. The fraction of sp³-hybridized carbons (Fsp3) is 0.750. The molecule has 0 aliphatic carbocycles. The van der Waals surface area contributed by atoms with Crippen molar-refractivity contribution < 1.29 is 14.1 Å². The molecule has 2 aliphatic heterocycles. The minimum absolute atomic E-state index is 0.0784. The number of aromatic nitrogens is 2. The number of urea groups is 1. The number of amides is 3. The molecule has 0 saturated carbocycles. The summed E-state index contributed by atoms with van der Waals surface area (Å²) in [5.41, 5.74) is -0.824. The van der Waals surface area contributed by atoms with Crippen LogP contribution < -0.4 is 5.32 Å². The van der Waals surface area contributed by atoms with E-state index < -0.39 is 5.54 Å². The largest absolute Gasteiger partial charge is 0.339 e. The van der Waals surface area contributed by atoms with Gasteiger partial charge in [0.05, 0.1) is 6.54 Å². The first-order valence-electron chi connectivity index (χ1n) is 8.58. The van der Waals surface area contributed by atoms with Crippen molar-refractivity contribution in [3.63, 3.8) is 0 Å². The Labute approximate surface area is 141 Å². The van der Waals surface area contributed by atoms with Gasteiger partial charge in [-0.3, -0.25) is 14.6 Å². The molecule has 3 rings (SSSR count). The molecule has 24 heavy (non-hydrogen) atoms. The first-order chi connectivity index (χ1) is 11.4. The summed E-state index contributed by atoms with van der Waals surface area (Å²) in [5.74, 6) is 1.29. The highest BCUT2D eigenvalue weighted by molar-refractivity contribution is 6.06. The van der Waals surface area contributed by atoms with Gasteiger partial charge in [-0.1, -0.05) is 12.1 Å². The molecule has 3 heterocycles. The van der Waals surface area contributed by atoms with Gasteiger partial charge in [0.2, 0.25) is 5.89 Å². The van der Waals surface area contributed by atoms with Gasteiger partial charge in [-0.2, -0.15) is 4.98 Å². The highest BCUT2D eigenvalue weighted by Gasteiger charge is 2.51. The molecule has 132 valence electrons. The average Bonchev–Trinajstić information content (AvgIpc) is 3.08. The summed E-state index contributed by atoms with van der Waals surface area (Å²) in [6.45, 7) is 6.18. The molecule has 2 aliphatic rings. The molecule has 8 nitrogen and oxygen atoms in total. The van der Waals surface area contributed by atoms with Gasteiger partial charge in [-0.25, -0.2) is 4.79 Å². The predicted molar refractivity (Wildman–Crippen MR) is 86.0 cm³/mol. The SMILES string of the molecule is CCCc1nc(CN2CCCC(C3(C)NC(=O)N(C)C3=O)C2)no1. The lowest BCUT2D eigenvalue weighted by molar-refractivity contribution is -0.132. The molecule has 3 amide bonds. The second-order valence-electron chi connectivity index (χ2n) is 6.93. The molecule has 0 spiro atoms. The highest BCUT2D eigenvalue weighted by Crippen LogP contribution is 2.32. The highest BCUT2D eigenvalue weighted by atomic mass is 16.5. The number of nitrogens with one attached hydrogen (secondary N) is 1. The van der Waals surface area contributed by atoms with Gasteiger partial charge in [0.15, 0.2) is 5.82 Å². The molecular formula is C16H25N5O3. The van der Waals surface area contributed by atoms with E-state index in [2.05, 4.69) is 27.3 Å². The van der Waals surface area contributed by atoms with Gasteiger partial charge in [-0.15, -0.1) is 0 Å². The third kappa shape index (κ3) is 3.02. The fourth-order valence-electron chi connectivity index (χ4n) is 3.62. The Hall–Kier alpha value is -1.96. The van der Waals surface area contributed by atoms with Crippen LogP contribution in [0.15, 0.2) is 4.52 Å². The van der Waals surface area contributed by atoms with Gasteiger partial charge in [0.25, 0.3) is 5.91 Å². The lowest BCUT2D eigenvalue weighted by Crippen LogP contribution is -2.55. The van der Waals surface area contributed by atoms with Crippen LogP contribution in [0.3, 0.4) is 0 Å². The summed E-state index contributed by atoms with van der Waals surface area (Å²) < 4.78 is 5.23. The molecule has 2 saturated heterocycles. The standard InChI is InChI=1S/C16H25N5O3/c1-4-6-13-17-12(19-24-13)10-21-8-5-7-11(9-21)16(2)14(22)20(3)15(23)18-16/h11H,4-10H2,1-3H3,(H,18,23). The molecule has 0 aromatic carbocycles. The molecule has 0 bridgehead atoms. The van der Waals surface area contributed by atoms with E-state index in [4.69, 9.17) is 4.52 Å². The number of likely N-dealkylation sites (N-methyl/N-ethyl adjacent to an activating group) is 1. The monoisotopic (exact) mass is 335 g/mol. The van der Waals surface area contributed by atoms with Crippen molar-refractivity contribution in [2.45, 2.75) is 51.6 Å². The van der Waals surface area contributed by atoms with E-state index in [-0.39, 0.29) is 17.9 Å². The zero-order chi connectivity index (χ0) is 17.3. The Morgan fingerprint density at radius 1 is 1.42 bits per heavy atom. The number of aryl methyl sites for hydroxylation is 1. The molecular weight excluding hydrogens is 310 g/mol. The summed E-state index contributed by atoms with van der Waals surface area (Å²) in [4.78, 5) is 32.1. The lowest BCUT2D eigenvalue weighted by atomic mass is 9.80. The van der Waals surface area contributed by atoms with E-state index in [1.165, 1.54) is 11.9 Å². The van der Waals surface area contributed by atoms with Crippen molar-refractivity contribution in [2.24, 2.45) is 5.92 Å². The van der Waals surface area contributed by atoms with Crippen LogP contribution in [0.4, 0.5) is 4.79 Å². The maximum atomic E-state index is 12.5. The van der Waals surface area contributed by atoms with Crippen LogP contribution in [0.25, 0.3) is 0 Å². The van der Waals surface area contributed by atoms with Crippen molar-refractivity contribution in [1.29, 1.82) is 0 Å². The third-order valence-corrected chi connectivity index (χ3v) is 5.08. The van der Waals surface area contributed by atoms with Gasteiger partial charge in [-0.05, 0) is 32.7 Å². The van der Waals surface area contributed by atoms with Crippen molar-refractivity contribution >= 4 is 11.9 Å². The molecule has 0 radical (unpaired) electrons. The molecule has 8 heteroatoms. The first kappa shape index (κ1) is 16.9. The van der Waals surface area contributed by atoms with Crippen LogP contribution in [0.1, 0.15) is 44.8 Å². The Bertz CT molecular complexity index is 631. The smallest absolute Gasteiger partial charge is 0.324 e. The van der Waals surface area contributed by atoms with Gasteiger partial charge in [0, 0.05) is 25.9 Å². The van der Waals surface area contributed by atoms with Crippen LogP contribution in [-0.2, 0) is 17.8 Å². The molecule has 1 aromatic rings. The Morgan fingerprint density at radius 2 is 2.21 bits per heavy atom. The number of carbonyl (C=O) groups is 2. The first-order valence-corrected chi connectivity index (χ1v) is 8.58. The average molecular weight is 335 g/mol. The topological polar surface area (TPSA) is 91.6 Å². The lowest BCUT2D eigenvalue weighted by Gasteiger charge is -2.39. The number of rotatable bonds is 5. The molecule has 1 aromatic heterocycles. The number of nitrogens with zero attached hydrogens (tertiary/aromatic N) is 4. The van der Waals surface area contributed by atoms with E-state index in [0.717, 1.165) is 38.8 Å². The molecule has 1 N–H and O–H groups in total. The van der Waals surface area contributed by atoms with Crippen molar-refractivity contribution in [3.05, 3.63) is 11.7 Å². The minimum Gasteiger partial charge on any atom is -0.339 e. The summed E-state index contributed by atoms with van der Waals surface area (Å²) in [7, 11) is 1.53. The van der Waals surface area contributed by atoms with Gasteiger partial charge >= 0.3 is 6.03 Å². The summed E-state index contributed by atoms with van der Waals surface area (Å²) in [6.07, 6.45) is 3.66. The maximum absolute atomic E-state index is 12.5. The van der Waals surface area contributed by atoms with Crippen LogP contribution in [0.5, 0.6) is 0 Å². The fourth-order valence-corrected chi connectivity index (χ4v) is 3.62. The minimum atomic E-state index is -0.824. The second kappa shape index (κ2) is 6.51. The number of piperidine rings is 1. The van der Waals surface area contributed by atoms with Crippen LogP contribution in [0, 0.1) is 5.92 Å². The van der Waals surface area contributed by atoms with E-state index >= 15 is 0 Å². The summed E-state index contributed by atoms with van der Waals surface area (Å²) in [5, 5.41) is 6.90. The van der Waals surface area contributed by atoms with E-state index in [1.807, 2.05) is 6.92 Å². The number of imide groups is 1. The van der Waals surface area contributed by atoms with E-state index in [9.17, 15) is 9.59 Å². The normalized spacial score (nSPS) is 28.5. The number of hydrogen-bond donors (Lipinski definition) is 1. The van der Waals surface area contributed by atoms with Gasteiger partial charge < -0.3 is 9.84 Å². The molecule has 2 unspecified atom stereocenters. The van der Waals surface area contributed by atoms with E-state index in [1.54, 1.807) is 0 Å². The van der Waals surface area contributed by atoms with Crippen LogP contribution in [-0.4, -0.2) is 57.6 Å². The Kier molecular flexibility index (Phi) is 4.58. The Morgan fingerprint density at radius 3 is 2.88 bits per heavy atom. The number of carbonyl (C=O) groups excluding carboxylic acids is 2. The van der Waals surface area contributed by atoms with Crippen LogP contribution >= 0.6 is 0 Å². The quantitative estimate of drug-likeness (QED) is 0.812. The second-order valence-corrected chi connectivity index (χ2v) is 6.93. The maximum Gasteiger partial charge on any atom is 0.324 e. The van der Waals surface area contributed by atoms with Crippen molar-refractivity contribution in [3.8, 4) is 0 Å². The molecule has 2 atom stereocenters. The number of hydrogen-bond acceptors (Lipinski definition) is 6. The van der Waals surface area contributed by atoms with Crippen molar-refractivity contribution in [1.82, 2.24) is 25.3 Å². The van der Waals surface area contributed by atoms with Gasteiger partial charge in [0.1, 0.15) is 5.54 Å². The summed E-state index contributed by atoms with van der Waals surface area (Å²) >= 11 is 0. The summed E-state index contributed by atoms with van der Waals surface area (Å²) in [6, 6.07) is -0.318. The van der Waals surface area contributed by atoms with E-state index in [0.29, 0.717) is 18.3 Å². The van der Waals surface area contributed by atoms with Crippen LogP contribution in [0.2, 0.25) is 0 Å². The number of likely N-dealkylation sites (tertiary alicyclic amines) is 1. The molecule has 2 fully saturated rings. The predicted octanol–water partition coefficient (Wildman–Crippen LogP) is 1.17. The Balaban J connectivity index is 1.66. The zero-order valence-corrected chi connectivity index (χ0v) is 14.5. The van der Waals surface area contributed by atoms with Crippen molar-refractivity contribution in [2.75, 3.05) is 20.1 Å². The third-order valence-electron chi connectivity index (χ3n) is 5.08.